The largest absolute Gasteiger partial charge is 0.449 e. The van der Waals surface area contributed by atoms with Crippen molar-refractivity contribution in [2.45, 2.75) is 76.7 Å². The van der Waals surface area contributed by atoms with Gasteiger partial charge in [0.15, 0.2) is 0 Å². The highest BCUT2D eigenvalue weighted by atomic mass is 16.5. The Labute approximate surface area is 128 Å². The molecule has 4 nitrogen and oxygen atoms in total. The van der Waals surface area contributed by atoms with E-state index in [1.807, 2.05) is 0 Å². The van der Waals surface area contributed by atoms with Crippen LogP contribution >= 0.6 is 0 Å². The van der Waals surface area contributed by atoms with E-state index in [2.05, 4.69) is 5.32 Å². The molecule has 4 heteroatoms. The van der Waals surface area contributed by atoms with Gasteiger partial charge in [0.25, 0.3) is 0 Å². The van der Waals surface area contributed by atoms with Gasteiger partial charge in [-0.05, 0) is 31.1 Å². The van der Waals surface area contributed by atoms with Gasteiger partial charge in [0.1, 0.15) is 0 Å². The highest BCUT2D eigenvalue weighted by Crippen LogP contribution is 2.27. The predicted octanol–water partition coefficient (Wildman–Crippen LogP) is 3.62. The lowest BCUT2D eigenvalue weighted by molar-refractivity contribution is 0.105. The standard InChI is InChI=1S/C17H31NO3/c19-12-16(11-14-7-3-1-4-8-14)18-17(20)21-13-15-9-5-2-6-10-15/h14-16,19H,1-13H2,(H,18,20). The van der Waals surface area contributed by atoms with Gasteiger partial charge < -0.3 is 15.2 Å². The van der Waals surface area contributed by atoms with E-state index in [0.29, 0.717) is 18.4 Å². The molecule has 0 aromatic rings. The average Bonchev–Trinajstić information content (AvgIpc) is 2.54. The number of alkyl carbamates (subject to hydrolysis) is 1. The first-order valence-electron chi connectivity index (χ1n) is 8.82. The number of hydrogen-bond acceptors (Lipinski definition) is 3. The summed E-state index contributed by atoms with van der Waals surface area (Å²) in [4.78, 5) is 11.9. The molecule has 21 heavy (non-hydrogen) atoms. The van der Waals surface area contributed by atoms with Crippen molar-refractivity contribution in [1.82, 2.24) is 5.32 Å². The van der Waals surface area contributed by atoms with Crippen LogP contribution in [0.1, 0.15) is 70.6 Å². The normalized spacial score (nSPS) is 22.7. The SMILES string of the molecule is O=C(NC(CO)CC1CCCCC1)OCC1CCCCC1. The topological polar surface area (TPSA) is 58.6 Å². The Balaban J connectivity index is 1.63. The zero-order valence-electron chi connectivity index (χ0n) is 13.2. The molecule has 0 spiro atoms. The van der Waals surface area contributed by atoms with E-state index in [0.717, 1.165) is 6.42 Å². The molecule has 2 saturated carbocycles. The third kappa shape index (κ3) is 6.25. The van der Waals surface area contributed by atoms with Crippen molar-refractivity contribution in [3.8, 4) is 0 Å². The number of carbonyl (C=O) groups excluding carboxylic acids is 1. The van der Waals surface area contributed by atoms with Crippen LogP contribution in [0.3, 0.4) is 0 Å². The van der Waals surface area contributed by atoms with E-state index in [1.165, 1.54) is 64.2 Å². The first-order valence-corrected chi connectivity index (χ1v) is 8.82. The van der Waals surface area contributed by atoms with Crippen molar-refractivity contribution >= 4 is 6.09 Å². The molecular formula is C17H31NO3. The van der Waals surface area contributed by atoms with Gasteiger partial charge in [-0.25, -0.2) is 4.79 Å². The summed E-state index contributed by atoms with van der Waals surface area (Å²) >= 11 is 0. The maximum atomic E-state index is 11.9. The monoisotopic (exact) mass is 297 g/mol. The Hall–Kier alpha value is -0.770. The molecule has 0 aromatic carbocycles. The minimum atomic E-state index is -0.351. The van der Waals surface area contributed by atoms with Gasteiger partial charge in [0.2, 0.25) is 0 Å². The molecule has 2 fully saturated rings. The lowest BCUT2D eigenvalue weighted by Gasteiger charge is -2.26. The van der Waals surface area contributed by atoms with Gasteiger partial charge >= 0.3 is 6.09 Å². The van der Waals surface area contributed by atoms with E-state index in [4.69, 9.17) is 4.74 Å². The van der Waals surface area contributed by atoms with Crippen LogP contribution in [-0.4, -0.2) is 30.5 Å². The quantitative estimate of drug-likeness (QED) is 0.787. The van der Waals surface area contributed by atoms with Crippen LogP contribution in [0.5, 0.6) is 0 Å². The number of hydrogen-bond donors (Lipinski definition) is 2. The zero-order valence-corrected chi connectivity index (χ0v) is 13.2. The smallest absolute Gasteiger partial charge is 0.407 e. The summed E-state index contributed by atoms with van der Waals surface area (Å²) < 4.78 is 5.34. The molecule has 0 aliphatic heterocycles. The Morgan fingerprint density at radius 3 is 2.14 bits per heavy atom. The maximum absolute atomic E-state index is 11.9. The summed E-state index contributed by atoms with van der Waals surface area (Å²) in [5.41, 5.74) is 0. The molecule has 1 unspecified atom stereocenters. The molecule has 2 N–H and O–H groups in total. The number of carbonyl (C=O) groups is 1. The number of ether oxygens (including phenoxy) is 1. The number of amides is 1. The molecule has 122 valence electrons. The van der Waals surface area contributed by atoms with Crippen molar-refractivity contribution in [2.75, 3.05) is 13.2 Å². The summed E-state index contributed by atoms with van der Waals surface area (Å²) in [6, 6.07) is -0.146. The summed E-state index contributed by atoms with van der Waals surface area (Å²) in [5.74, 6) is 1.19. The minimum Gasteiger partial charge on any atom is -0.449 e. The molecular weight excluding hydrogens is 266 g/mol. The van der Waals surface area contributed by atoms with Crippen LogP contribution in [0.15, 0.2) is 0 Å². The summed E-state index contributed by atoms with van der Waals surface area (Å²) in [7, 11) is 0. The molecule has 0 aromatic heterocycles. The second-order valence-corrected chi connectivity index (χ2v) is 6.87. The van der Waals surface area contributed by atoms with Gasteiger partial charge in [-0.1, -0.05) is 51.4 Å². The van der Waals surface area contributed by atoms with Crippen LogP contribution in [0.2, 0.25) is 0 Å². The van der Waals surface area contributed by atoms with Crippen molar-refractivity contribution < 1.29 is 14.6 Å². The molecule has 0 heterocycles. The third-order valence-electron chi connectivity index (χ3n) is 5.06. The average molecular weight is 297 g/mol. The molecule has 0 radical (unpaired) electrons. The van der Waals surface area contributed by atoms with E-state index in [9.17, 15) is 9.90 Å². The minimum absolute atomic E-state index is 0.00896. The number of aliphatic hydroxyl groups excluding tert-OH is 1. The molecule has 0 saturated heterocycles. The molecule has 2 aliphatic rings. The molecule has 2 rings (SSSR count). The number of nitrogens with one attached hydrogen (secondary N) is 1. The summed E-state index contributed by atoms with van der Waals surface area (Å²) in [6.07, 6.45) is 13.1. The fraction of sp³-hybridized carbons (Fsp3) is 0.941. The van der Waals surface area contributed by atoms with E-state index < -0.39 is 0 Å². The Bertz CT molecular complexity index is 296. The Morgan fingerprint density at radius 2 is 1.57 bits per heavy atom. The van der Waals surface area contributed by atoms with Gasteiger partial charge in [0.05, 0.1) is 19.3 Å². The summed E-state index contributed by atoms with van der Waals surface area (Å²) in [5, 5.41) is 12.3. The molecule has 2 aliphatic carbocycles. The highest BCUT2D eigenvalue weighted by Gasteiger charge is 2.21. The van der Waals surface area contributed by atoms with E-state index >= 15 is 0 Å². The van der Waals surface area contributed by atoms with Crippen LogP contribution in [0.4, 0.5) is 4.79 Å². The molecule has 1 amide bonds. The second kappa shape index (κ2) is 9.29. The molecule has 1 atom stereocenters. The van der Waals surface area contributed by atoms with Gasteiger partial charge in [-0.2, -0.15) is 0 Å². The van der Waals surface area contributed by atoms with Gasteiger partial charge in [-0.15, -0.1) is 0 Å². The van der Waals surface area contributed by atoms with Crippen LogP contribution < -0.4 is 5.32 Å². The Kier molecular flexibility index (Phi) is 7.34. The highest BCUT2D eigenvalue weighted by molar-refractivity contribution is 5.67. The van der Waals surface area contributed by atoms with Crippen molar-refractivity contribution in [2.24, 2.45) is 11.8 Å². The zero-order chi connectivity index (χ0) is 14.9. The molecule has 0 bridgehead atoms. The second-order valence-electron chi connectivity index (χ2n) is 6.87. The van der Waals surface area contributed by atoms with Crippen molar-refractivity contribution in [3.63, 3.8) is 0 Å². The lowest BCUT2D eigenvalue weighted by atomic mass is 9.85. The van der Waals surface area contributed by atoms with Crippen LogP contribution in [0.25, 0.3) is 0 Å². The van der Waals surface area contributed by atoms with Crippen LogP contribution in [-0.2, 0) is 4.74 Å². The number of aliphatic hydroxyl groups is 1. The Morgan fingerprint density at radius 1 is 1.00 bits per heavy atom. The van der Waals surface area contributed by atoms with Gasteiger partial charge in [-0.3, -0.25) is 0 Å². The third-order valence-corrected chi connectivity index (χ3v) is 5.06. The first-order chi connectivity index (χ1) is 10.3. The van der Waals surface area contributed by atoms with Gasteiger partial charge in [0, 0.05) is 0 Å². The fourth-order valence-electron chi connectivity index (χ4n) is 3.76. The van der Waals surface area contributed by atoms with Crippen molar-refractivity contribution in [1.29, 1.82) is 0 Å². The van der Waals surface area contributed by atoms with E-state index in [-0.39, 0.29) is 18.7 Å². The number of rotatable bonds is 6. The predicted molar refractivity (Wildman–Crippen MR) is 83.1 cm³/mol. The fourth-order valence-corrected chi connectivity index (χ4v) is 3.76. The first kappa shape index (κ1) is 16.6. The maximum Gasteiger partial charge on any atom is 0.407 e. The van der Waals surface area contributed by atoms with E-state index in [1.54, 1.807) is 0 Å². The van der Waals surface area contributed by atoms with Crippen molar-refractivity contribution in [3.05, 3.63) is 0 Å². The summed E-state index contributed by atoms with van der Waals surface area (Å²) in [6.45, 7) is 0.544. The lowest BCUT2D eigenvalue weighted by Crippen LogP contribution is -2.40. The van der Waals surface area contributed by atoms with Crippen LogP contribution in [0, 0.1) is 11.8 Å².